The second-order valence-electron chi connectivity index (χ2n) is 5.43. The number of hydrogen-bond donors (Lipinski definition) is 2. The summed E-state index contributed by atoms with van der Waals surface area (Å²) in [6.07, 6.45) is 1.54. The fourth-order valence-electron chi connectivity index (χ4n) is 2.37. The van der Waals surface area contributed by atoms with Gasteiger partial charge in [-0.15, -0.1) is 0 Å². The number of ether oxygens (including phenoxy) is 1. The topological polar surface area (TPSA) is 102 Å². The van der Waals surface area contributed by atoms with Crippen molar-refractivity contribution in [1.82, 2.24) is 5.32 Å². The highest BCUT2D eigenvalue weighted by Gasteiger charge is 2.34. The van der Waals surface area contributed by atoms with Gasteiger partial charge in [-0.05, 0) is 42.0 Å². The van der Waals surface area contributed by atoms with Gasteiger partial charge < -0.3 is 15.8 Å². The molecular weight excluding hydrogens is 358 g/mol. The highest BCUT2D eigenvalue weighted by atomic mass is 35.5. The summed E-state index contributed by atoms with van der Waals surface area (Å²) in [4.78, 5) is 36.4. The van der Waals surface area contributed by atoms with Crippen LogP contribution in [-0.2, 0) is 9.59 Å². The number of amides is 4. The number of carbonyl (C=O) groups excluding carboxylic acids is 3. The summed E-state index contributed by atoms with van der Waals surface area (Å²) in [5.74, 6) is -0.587. The van der Waals surface area contributed by atoms with Crippen molar-refractivity contribution in [2.45, 2.75) is 0 Å². The lowest BCUT2D eigenvalue weighted by molar-refractivity contribution is -0.120. The fourth-order valence-corrected chi connectivity index (χ4v) is 2.55. The lowest BCUT2D eigenvalue weighted by atomic mass is 10.2. The van der Waals surface area contributed by atoms with Crippen LogP contribution in [0.25, 0.3) is 6.08 Å². The summed E-state index contributed by atoms with van der Waals surface area (Å²) >= 11 is 5.92. The summed E-state index contributed by atoms with van der Waals surface area (Å²) in [5.41, 5.74) is 6.21. The molecule has 0 radical (unpaired) electrons. The summed E-state index contributed by atoms with van der Waals surface area (Å²) in [6, 6.07) is 12.5. The van der Waals surface area contributed by atoms with E-state index in [1.807, 2.05) is 0 Å². The Balaban J connectivity index is 1.78. The Morgan fingerprint density at radius 2 is 1.92 bits per heavy atom. The number of primary amides is 1. The number of halogens is 1. The van der Waals surface area contributed by atoms with Crippen LogP contribution in [0.15, 0.2) is 54.2 Å². The second-order valence-corrected chi connectivity index (χ2v) is 5.87. The van der Waals surface area contributed by atoms with Gasteiger partial charge in [0.1, 0.15) is 11.4 Å². The zero-order valence-corrected chi connectivity index (χ0v) is 14.2. The number of carbonyl (C=O) groups is 3. The van der Waals surface area contributed by atoms with E-state index in [4.69, 9.17) is 22.1 Å². The van der Waals surface area contributed by atoms with Crippen LogP contribution in [0.4, 0.5) is 10.5 Å². The first kappa shape index (κ1) is 17.5. The van der Waals surface area contributed by atoms with Crippen LogP contribution in [0.5, 0.6) is 5.75 Å². The number of nitrogens with zero attached hydrogens (tertiary/aromatic N) is 1. The number of nitrogens with one attached hydrogen (secondary N) is 1. The lowest BCUT2D eigenvalue weighted by Gasteiger charge is -2.11. The average Bonchev–Trinajstić information content (AvgIpc) is 2.88. The van der Waals surface area contributed by atoms with Gasteiger partial charge in [0.25, 0.3) is 11.8 Å². The molecule has 1 fully saturated rings. The van der Waals surface area contributed by atoms with E-state index in [2.05, 4.69) is 5.32 Å². The van der Waals surface area contributed by atoms with Crippen LogP contribution >= 0.6 is 11.6 Å². The molecule has 1 heterocycles. The average molecular weight is 372 g/mol. The smallest absolute Gasteiger partial charge is 0.333 e. The van der Waals surface area contributed by atoms with Gasteiger partial charge in [-0.2, -0.15) is 0 Å². The molecule has 0 aromatic heterocycles. The first-order chi connectivity index (χ1) is 12.4. The summed E-state index contributed by atoms with van der Waals surface area (Å²) in [7, 11) is 0. The third-order valence-electron chi connectivity index (χ3n) is 3.52. The molecule has 2 aromatic carbocycles. The van der Waals surface area contributed by atoms with E-state index in [-0.39, 0.29) is 12.3 Å². The first-order valence-corrected chi connectivity index (χ1v) is 7.96. The van der Waals surface area contributed by atoms with E-state index >= 15 is 0 Å². The molecule has 0 saturated carbocycles. The first-order valence-electron chi connectivity index (χ1n) is 7.58. The van der Waals surface area contributed by atoms with E-state index in [9.17, 15) is 14.4 Å². The number of imide groups is 1. The van der Waals surface area contributed by atoms with Gasteiger partial charge >= 0.3 is 6.03 Å². The normalized spacial score (nSPS) is 15.3. The van der Waals surface area contributed by atoms with Crippen LogP contribution in [0.2, 0.25) is 5.02 Å². The molecule has 0 bridgehead atoms. The predicted octanol–water partition coefficient (Wildman–Crippen LogP) is 2.30. The molecule has 0 atom stereocenters. The quantitative estimate of drug-likeness (QED) is 0.621. The van der Waals surface area contributed by atoms with Crippen LogP contribution < -0.4 is 20.7 Å². The molecule has 1 saturated heterocycles. The molecule has 3 rings (SSSR count). The number of anilines is 1. The number of rotatable bonds is 5. The van der Waals surface area contributed by atoms with E-state index < -0.39 is 17.8 Å². The fraction of sp³-hybridized carbons (Fsp3) is 0.0556. The molecule has 3 N–H and O–H groups in total. The van der Waals surface area contributed by atoms with E-state index in [1.165, 1.54) is 6.07 Å². The molecule has 4 amide bonds. The zero-order chi connectivity index (χ0) is 18.7. The lowest BCUT2D eigenvalue weighted by Crippen LogP contribution is -2.30. The Labute approximate surface area is 154 Å². The van der Waals surface area contributed by atoms with Crippen molar-refractivity contribution in [2.24, 2.45) is 5.73 Å². The number of hydrogen-bond acceptors (Lipinski definition) is 4. The maximum atomic E-state index is 12.5. The van der Waals surface area contributed by atoms with Crippen LogP contribution in [-0.4, -0.2) is 24.5 Å². The van der Waals surface area contributed by atoms with Crippen molar-refractivity contribution in [3.8, 4) is 5.75 Å². The van der Waals surface area contributed by atoms with Crippen LogP contribution in [0.3, 0.4) is 0 Å². The van der Waals surface area contributed by atoms with Gasteiger partial charge in [-0.1, -0.05) is 29.8 Å². The van der Waals surface area contributed by atoms with Crippen LogP contribution in [0, 0.1) is 0 Å². The van der Waals surface area contributed by atoms with Gasteiger partial charge in [0.05, 0.1) is 5.69 Å². The molecule has 1 aliphatic rings. The molecule has 8 heteroatoms. The van der Waals surface area contributed by atoms with Gasteiger partial charge in [-0.3, -0.25) is 9.59 Å². The summed E-state index contributed by atoms with van der Waals surface area (Å²) in [5, 5.41) is 2.96. The molecule has 2 aromatic rings. The van der Waals surface area contributed by atoms with Crippen molar-refractivity contribution in [3.05, 3.63) is 64.8 Å². The minimum Gasteiger partial charge on any atom is -0.484 e. The zero-order valence-electron chi connectivity index (χ0n) is 13.4. The van der Waals surface area contributed by atoms with Gasteiger partial charge in [0, 0.05) is 5.02 Å². The SMILES string of the molecule is NC(=O)COc1ccc(/C=C2/NC(=O)N(c3cccc(Cl)c3)C2=O)cc1. The molecule has 26 heavy (non-hydrogen) atoms. The standard InChI is InChI=1S/C18H14ClN3O4/c19-12-2-1-3-13(9-12)22-17(24)15(21-18(22)25)8-11-4-6-14(7-5-11)26-10-16(20)23/h1-9H,10H2,(H2,20,23)(H,21,25)/b15-8+. The Hall–Kier alpha value is -3.32. The van der Waals surface area contributed by atoms with Crippen molar-refractivity contribution in [3.63, 3.8) is 0 Å². The minimum absolute atomic E-state index is 0.140. The van der Waals surface area contributed by atoms with Crippen LogP contribution in [0.1, 0.15) is 5.56 Å². The van der Waals surface area contributed by atoms with Crippen molar-refractivity contribution >= 4 is 41.2 Å². The second kappa shape index (κ2) is 7.28. The van der Waals surface area contributed by atoms with E-state index in [0.29, 0.717) is 22.0 Å². The third kappa shape index (κ3) is 3.84. The van der Waals surface area contributed by atoms with Gasteiger partial charge in [0.15, 0.2) is 6.61 Å². The molecule has 7 nitrogen and oxygen atoms in total. The minimum atomic E-state index is -0.573. The van der Waals surface area contributed by atoms with Crippen molar-refractivity contribution in [2.75, 3.05) is 11.5 Å². The Morgan fingerprint density at radius 1 is 1.19 bits per heavy atom. The summed E-state index contributed by atoms with van der Waals surface area (Å²) in [6.45, 7) is -0.219. The Kier molecular flexibility index (Phi) is 4.90. The molecule has 0 spiro atoms. The molecule has 132 valence electrons. The number of nitrogens with two attached hydrogens (primary N) is 1. The Bertz CT molecular complexity index is 909. The number of benzene rings is 2. The molecule has 1 aliphatic heterocycles. The van der Waals surface area contributed by atoms with Gasteiger partial charge in [-0.25, -0.2) is 9.69 Å². The number of urea groups is 1. The molecular formula is C18H14ClN3O4. The summed E-state index contributed by atoms with van der Waals surface area (Å²) < 4.78 is 5.16. The predicted molar refractivity (Wildman–Crippen MR) is 96.6 cm³/mol. The molecule has 0 aliphatic carbocycles. The van der Waals surface area contributed by atoms with Crippen molar-refractivity contribution < 1.29 is 19.1 Å². The van der Waals surface area contributed by atoms with Crippen molar-refractivity contribution in [1.29, 1.82) is 0 Å². The Morgan fingerprint density at radius 3 is 2.58 bits per heavy atom. The van der Waals surface area contributed by atoms with E-state index in [0.717, 1.165) is 4.90 Å². The maximum absolute atomic E-state index is 12.5. The van der Waals surface area contributed by atoms with Gasteiger partial charge in [0.2, 0.25) is 0 Å². The largest absolute Gasteiger partial charge is 0.484 e. The third-order valence-corrected chi connectivity index (χ3v) is 3.75. The monoisotopic (exact) mass is 371 g/mol. The molecule has 0 unspecified atom stereocenters. The maximum Gasteiger partial charge on any atom is 0.333 e. The van der Waals surface area contributed by atoms with E-state index in [1.54, 1.807) is 48.5 Å². The highest BCUT2D eigenvalue weighted by molar-refractivity contribution is 6.32. The highest BCUT2D eigenvalue weighted by Crippen LogP contribution is 2.25.